The van der Waals surface area contributed by atoms with Gasteiger partial charge in [-0.2, -0.15) is 13.2 Å². The minimum absolute atomic E-state index is 0.108. The van der Waals surface area contributed by atoms with E-state index in [2.05, 4.69) is 0 Å². The smallest absolute Gasteiger partial charge is 0.341 e. The SMILES string of the molecule is O=C(CCc1ccc(C(F)(F)F)cc1)N1CC[C@H](S(=O)(=O)c2ccc(Cl)cc2)C1. The van der Waals surface area contributed by atoms with Gasteiger partial charge in [-0.1, -0.05) is 23.7 Å². The summed E-state index contributed by atoms with van der Waals surface area (Å²) in [6, 6.07) is 10.6. The monoisotopic (exact) mass is 445 g/mol. The van der Waals surface area contributed by atoms with Crippen molar-refractivity contribution in [2.45, 2.75) is 35.6 Å². The lowest BCUT2D eigenvalue weighted by molar-refractivity contribution is -0.137. The third kappa shape index (κ3) is 5.11. The van der Waals surface area contributed by atoms with Crippen LogP contribution in [0.5, 0.6) is 0 Å². The number of benzene rings is 2. The highest BCUT2D eigenvalue weighted by molar-refractivity contribution is 7.92. The number of halogens is 4. The number of carbonyl (C=O) groups excluding carboxylic acids is 1. The van der Waals surface area contributed by atoms with Crippen LogP contribution in [0, 0.1) is 0 Å². The fourth-order valence-corrected chi connectivity index (χ4v) is 5.11. The van der Waals surface area contributed by atoms with Crippen molar-refractivity contribution >= 4 is 27.3 Å². The van der Waals surface area contributed by atoms with Crippen LogP contribution in [-0.4, -0.2) is 37.6 Å². The van der Waals surface area contributed by atoms with Crippen molar-refractivity contribution < 1.29 is 26.4 Å². The highest BCUT2D eigenvalue weighted by Crippen LogP contribution is 2.29. The van der Waals surface area contributed by atoms with Gasteiger partial charge in [0.1, 0.15) is 0 Å². The Kier molecular flexibility index (Phi) is 6.24. The Balaban J connectivity index is 1.57. The molecule has 2 aromatic carbocycles. The molecule has 29 heavy (non-hydrogen) atoms. The zero-order chi connectivity index (χ0) is 21.2. The number of alkyl halides is 3. The van der Waals surface area contributed by atoms with Gasteiger partial charge < -0.3 is 4.90 Å². The Morgan fingerprint density at radius 1 is 1.07 bits per heavy atom. The van der Waals surface area contributed by atoms with Gasteiger partial charge >= 0.3 is 6.18 Å². The molecule has 2 aromatic rings. The number of nitrogens with zero attached hydrogens (tertiary/aromatic N) is 1. The molecule has 3 rings (SSSR count). The number of hydrogen-bond donors (Lipinski definition) is 0. The minimum Gasteiger partial charge on any atom is -0.341 e. The van der Waals surface area contributed by atoms with Crippen molar-refractivity contribution in [3.05, 3.63) is 64.7 Å². The fraction of sp³-hybridized carbons (Fsp3) is 0.350. The summed E-state index contributed by atoms with van der Waals surface area (Å²) in [7, 11) is -3.57. The standard InChI is InChI=1S/C20H19ClF3NO3S/c21-16-6-8-17(9-7-16)29(27,28)18-11-12-25(13-18)19(26)10-3-14-1-4-15(5-2-14)20(22,23)24/h1-2,4-9,18H,3,10-13H2/t18-/m0/s1. The summed E-state index contributed by atoms with van der Waals surface area (Å²) in [6.45, 7) is 0.445. The first-order valence-electron chi connectivity index (χ1n) is 9.01. The van der Waals surface area contributed by atoms with Gasteiger partial charge in [-0.15, -0.1) is 0 Å². The fourth-order valence-electron chi connectivity index (χ4n) is 3.29. The van der Waals surface area contributed by atoms with Gasteiger partial charge in [0.05, 0.1) is 15.7 Å². The molecule has 0 aliphatic carbocycles. The quantitative estimate of drug-likeness (QED) is 0.687. The van der Waals surface area contributed by atoms with Crippen molar-refractivity contribution in [3.63, 3.8) is 0 Å². The highest BCUT2D eigenvalue weighted by atomic mass is 35.5. The molecule has 0 saturated carbocycles. The Morgan fingerprint density at radius 3 is 2.28 bits per heavy atom. The van der Waals surface area contributed by atoms with Crippen molar-refractivity contribution in [1.82, 2.24) is 4.90 Å². The lowest BCUT2D eigenvalue weighted by Crippen LogP contribution is -2.32. The lowest BCUT2D eigenvalue weighted by Gasteiger charge is -2.17. The van der Waals surface area contributed by atoms with Gasteiger partial charge in [0.15, 0.2) is 9.84 Å². The van der Waals surface area contributed by atoms with Crippen LogP contribution in [0.4, 0.5) is 13.2 Å². The lowest BCUT2D eigenvalue weighted by atomic mass is 10.1. The molecule has 0 radical (unpaired) electrons. The zero-order valence-electron chi connectivity index (χ0n) is 15.3. The van der Waals surface area contributed by atoms with Gasteiger partial charge in [-0.25, -0.2) is 8.42 Å². The second-order valence-electron chi connectivity index (χ2n) is 6.94. The maximum absolute atomic E-state index is 12.7. The van der Waals surface area contributed by atoms with Crippen molar-refractivity contribution in [2.24, 2.45) is 0 Å². The minimum atomic E-state index is -4.39. The molecule has 1 fully saturated rings. The first-order valence-corrected chi connectivity index (χ1v) is 10.9. The number of amides is 1. The number of hydrogen-bond acceptors (Lipinski definition) is 3. The predicted molar refractivity (Wildman–Crippen MR) is 103 cm³/mol. The maximum atomic E-state index is 12.7. The molecular formula is C20H19ClF3NO3S. The summed E-state index contributed by atoms with van der Waals surface area (Å²) in [5.74, 6) is -0.210. The summed E-state index contributed by atoms with van der Waals surface area (Å²) in [4.78, 5) is 14.1. The molecule has 156 valence electrons. The third-order valence-electron chi connectivity index (χ3n) is 4.99. The maximum Gasteiger partial charge on any atom is 0.416 e. The summed E-state index contributed by atoms with van der Waals surface area (Å²) in [5.41, 5.74) is -0.113. The van der Waals surface area contributed by atoms with Gasteiger partial charge in [0.25, 0.3) is 0 Å². The van der Waals surface area contributed by atoms with Crippen LogP contribution in [-0.2, 0) is 27.2 Å². The molecule has 1 aliphatic heterocycles. The number of likely N-dealkylation sites (tertiary alicyclic amines) is 1. The van der Waals surface area contributed by atoms with E-state index in [1.807, 2.05) is 0 Å². The summed E-state index contributed by atoms with van der Waals surface area (Å²) in [5, 5.41) is -0.242. The Bertz CT molecular complexity index is 974. The molecule has 0 N–H and O–H groups in total. The van der Waals surface area contributed by atoms with Gasteiger partial charge in [-0.3, -0.25) is 4.79 Å². The zero-order valence-corrected chi connectivity index (χ0v) is 16.9. The second kappa shape index (κ2) is 8.36. The largest absolute Gasteiger partial charge is 0.416 e. The topological polar surface area (TPSA) is 54.5 Å². The summed E-state index contributed by atoms with van der Waals surface area (Å²) >= 11 is 5.80. The molecule has 4 nitrogen and oxygen atoms in total. The Morgan fingerprint density at radius 2 is 1.69 bits per heavy atom. The molecule has 1 heterocycles. The number of aryl methyl sites for hydroxylation is 1. The molecular weight excluding hydrogens is 427 g/mol. The third-order valence-corrected chi connectivity index (χ3v) is 7.43. The van der Waals surface area contributed by atoms with Crippen LogP contribution < -0.4 is 0 Å². The number of carbonyl (C=O) groups is 1. The van der Waals surface area contributed by atoms with Gasteiger partial charge in [-0.05, 0) is 54.8 Å². The molecule has 1 atom stereocenters. The number of rotatable bonds is 5. The molecule has 1 aliphatic rings. The van der Waals surface area contributed by atoms with E-state index >= 15 is 0 Å². The van der Waals surface area contributed by atoms with E-state index < -0.39 is 26.8 Å². The average Bonchev–Trinajstić information content (AvgIpc) is 3.17. The van der Waals surface area contributed by atoms with Gasteiger partial charge in [0.2, 0.25) is 5.91 Å². The normalized spacial score (nSPS) is 17.5. The number of sulfone groups is 1. The van der Waals surface area contributed by atoms with Crippen molar-refractivity contribution in [2.75, 3.05) is 13.1 Å². The van der Waals surface area contributed by atoms with Crippen LogP contribution in [0.3, 0.4) is 0 Å². The predicted octanol–water partition coefficient (Wildman–Crippen LogP) is 4.37. The molecule has 0 aromatic heterocycles. The van der Waals surface area contributed by atoms with E-state index in [-0.39, 0.29) is 23.8 Å². The molecule has 9 heteroatoms. The second-order valence-corrected chi connectivity index (χ2v) is 9.61. The van der Waals surface area contributed by atoms with Crippen molar-refractivity contribution in [3.8, 4) is 0 Å². The summed E-state index contributed by atoms with van der Waals surface area (Å²) in [6.07, 6.45) is -3.65. The van der Waals surface area contributed by atoms with E-state index in [0.717, 1.165) is 12.1 Å². The van der Waals surface area contributed by atoms with Crippen LogP contribution in [0.2, 0.25) is 5.02 Å². The van der Waals surface area contributed by atoms with Crippen molar-refractivity contribution in [1.29, 1.82) is 0 Å². The van der Waals surface area contributed by atoms with Crippen LogP contribution in [0.15, 0.2) is 53.4 Å². The molecule has 0 spiro atoms. The van der Waals surface area contributed by atoms with E-state index in [9.17, 15) is 26.4 Å². The van der Waals surface area contributed by atoms with E-state index in [0.29, 0.717) is 30.0 Å². The van der Waals surface area contributed by atoms with Crippen LogP contribution in [0.1, 0.15) is 24.0 Å². The highest BCUT2D eigenvalue weighted by Gasteiger charge is 2.36. The molecule has 0 bridgehead atoms. The van der Waals surface area contributed by atoms with Gasteiger partial charge in [0, 0.05) is 24.5 Å². The first kappa shape index (κ1) is 21.6. The average molecular weight is 446 g/mol. The van der Waals surface area contributed by atoms with E-state index in [4.69, 9.17) is 11.6 Å². The Hall–Kier alpha value is -2.06. The van der Waals surface area contributed by atoms with E-state index in [1.165, 1.54) is 41.3 Å². The van der Waals surface area contributed by atoms with Crippen LogP contribution in [0.25, 0.3) is 0 Å². The van der Waals surface area contributed by atoms with E-state index in [1.54, 1.807) is 0 Å². The van der Waals surface area contributed by atoms with Crippen LogP contribution >= 0.6 is 11.6 Å². The molecule has 0 unspecified atom stereocenters. The Labute approximate surface area is 172 Å². The summed E-state index contributed by atoms with van der Waals surface area (Å²) < 4.78 is 63.3. The molecule has 1 saturated heterocycles. The molecule has 1 amide bonds. The first-order chi connectivity index (χ1) is 13.6.